The Morgan fingerprint density at radius 2 is 2.00 bits per heavy atom. The summed E-state index contributed by atoms with van der Waals surface area (Å²) in [4.78, 5) is 19.0. The zero-order valence-electron chi connectivity index (χ0n) is 15.4. The van der Waals surface area contributed by atoms with Gasteiger partial charge in [-0.15, -0.1) is 0 Å². The Balaban J connectivity index is 1.50. The number of ether oxygens (including phenoxy) is 2. The predicted octanol–water partition coefficient (Wildman–Crippen LogP) is 2.68. The van der Waals surface area contributed by atoms with E-state index in [1.165, 1.54) is 11.8 Å². The fourth-order valence-corrected chi connectivity index (χ4v) is 4.40. The number of carbonyl (C=O) groups is 1. The van der Waals surface area contributed by atoms with E-state index in [2.05, 4.69) is 21.7 Å². The molecular formula is C20H25N3O3S. The van der Waals surface area contributed by atoms with Crippen molar-refractivity contribution < 1.29 is 14.3 Å². The molecule has 3 heterocycles. The number of hydrogen-bond donors (Lipinski definition) is 0. The average Bonchev–Trinajstić information content (AvgIpc) is 3.38. The normalized spacial score (nSPS) is 20.1. The Kier molecular flexibility index (Phi) is 6.11. The minimum Gasteiger partial charge on any atom is -0.378 e. The molecule has 144 valence electrons. The minimum atomic E-state index is 0.149. The van der Waals surface area contributed by atoms with E-state index in [0.29, 0.717) is 32.1 Å². The van der Waals surface area contributed by atoms with Gasteiger partial charge in [0.05, 0.1) is 43.5 Å². The van der Waals surface area contributed by atoms with Gasteiger partial charge in [-0.1, -0.05) is 42.1 Å². The van der Waals surface area contributed by atoms with Crippen LogP contribution >= 0.6 is 11.8 Å². The summed E-state index contributed by atoms with van der Waals surface area (Å²) in [6.45, 7) is 4.22. The molecule has 7 heteroatoms. The highest BCUT2D eigenvalue weighted by molar-refractivity contribution is 7.99. The molecule has 2 aromatic rings. The molecule has 27 heavy (non-hydrogen) atoms. The van der Waals surface area contributed by atoms with Crippen molar-refractivity contribution in [2.45, 2.75) is 30.6 Å². The number of rotatable bonds is 6. The van der Waals surface area contributed by atoms with Gasteiger partial charge in [0, 0.05) is 19.7 Å². The van der Waals surface area contributed by atoms with Gasteiger partial charge < -0.3 is 18.9 Å². The molecule has 0 aliphatic carbocycles. The Labute approximate surface area is 163 Å². The van der Waals surface area contributed by atoms with Gasteiger partial charge in [0.25, 0.3) is 0 Å². The van der Waals surface area contributed by atoms with Crippen molar-refractivity contribution in [2.75, 3.05) is 38.7 Å². The van der Waals surface area contributed by atoms with Crippen LogP contribution in [0.15, 0.2) is 41.7 Å². The summed E-state index contributed by atoms with van der Waals surface area (Å²) in [5.41, 5.74) is 2.21. The van der Waals surface area contributed by atoms with Gasteiger partial charge in [0.15, 0.2) is 5.16 Å². The summed E-state index contributed by atoms with van der Waals surface area (Å²) in [6, 6.07) is 10.3. The molecule has 1 atom stereocenters. The summed E-state index contributed by atoms with van der Waals surface area (Å²) >= 11 is 1.51. The molecule has 4 rings (SSSR count). The first kappa shape index (κ1) is 18.5. The lowest BCUT2D eigenvalue weighted by molar-refractivity contribution is -0.132. The zero-order chi connectivity index (χ0) is 18.5. The zero-order valence-corrected chi connectivity index (χ0v) is 16.2. The molecule has 2 aliphatic heterocycles. The molecule has 1 aromatic heterocycles. The van der Waals surface area contributed by atoms with Gasteiger partial charge >= 0.3 is 0 Å². The molecule has 0 saturated carbocycles. The number of benzene rings is 1. The first-order valence-corrected chi connectivity index (χ1v) is 10.5. The number of imidazole rings is 1. The number of thioether (sulfide) groups is 1. The number of carbonyl (C=O) groups excluding carboxylic acids is 1. The van der Waals surface area contributed by atoms with Gasteiger partial charge in [-0.05, 0) is 18.4 Å². The van der Waals surface area contributed by atoms with Crippen LogP contribution in [0, 0.1) is 0 Å². The lowest BCUT2D eigenvalue weighted by Gasteiger charge is -2.26. The van der Waals surface area contributed by atoms with Gasteiger partial charge in [-0.25, -0.2) is 4.98 Å². The second-order valence-electron chi connectivity index (χ2n) is 6.82. The molecule has 1 unspecified atom stereocenters. The smallest absolute Gasteiger partial charge is 0.233 e. The van der Waals surface area contributed by atoms with E-state index in [4.69, 9.17) is 9.47 Å². The highest BCUT2D eigenvalue weighted by Gasteiger charge is 2.22. The fourth-order valence-electron chi connectivity index (χ4n) is 3.51. The monoisotopic (exact) mass is 387 g/mol. The average molecular weight is 388 g/mol. The first-order valence-electron chi connectivity index (χ1n) is 9.52. The van der Waals surface area contributed by atoms with Crippen LogP contribution in [0.4, 0.5) is 0 Å². The second-order valence-corrected chi connectivity index (χ2v) is 7.76. The van der Waals surface area contributed by atoms with Crippen LogP contribution in [0.3, 0.4) is 0 Å². The quantitative estimate of drug-likeness (QED) is 0.714. The molecular weight excluding hydrogens is 362 g/mol. The van der Waals surface area contributed by atoms with E-state index >= 15 is 0 Å². The number of nitrogens with zero attached hydrogens (tertiary/aromatic N) is 3. The molecule has 2 saturated heterocycles. The third-order valence-corrected chi connectivity index (χ3v) is 5.96. The minimum absolute atomic E-state index is 0.149. The lowest BCUT2D eigenvalue weighted by atomic mass is 10.1. The SMILES string of the molecule is O=C(CSc1ncc(-c2ccccc2)n1CC1CCCO1)N1CCOCC1. The number of amides is 1. The molecule has 0 radical (unpaired) electrons. The van der Waals surface area contributed by atoms with Crippen molar-refractivity contribution in [3.63, 3.8) is 0 Å². The topological polar surface area (TPSA) is 56.6 Å². The Morgan fingerprint density at radius 3 is 2.74 bits per heavy atom. The van der Waals surface area contributed by atoms with Gasteiger partial charge in [0.2, 0.25) is 5.91 Å². The molecule has 0 bridgehead atoms. The van der Waals surface area contributed by atoms with Crippen molar-refractivity contribution in [1.29, 1.82) is 0 Å². The number of aromatic nitrogens is 2. The molecule has 1 amide bonds. The van der Waals surface area contributed by atoms with E-state index in [1.807, 2.05) is 29.3 Å². The van der Waals surface area contributed by atoms with Crippen LogP contribution in [-0.4, -0.2) is 65.1 Å². The van der Waals surface area contributed by atoms with Gasteiger partial charge in [-0.2, -0.15) is 0 Å². The molecule has 0 N–H and O–H groups in total. The number of hydrogen-bond acceptors (Lipinski definition) is 5. The third-order valence-electron chi connectivity index (χ3n) is 4.99. The van der Waals surface area contributed by atoms with E-state index in [-0.39, 0.29) is 12.0 Å². The van der Waals surface area contributed by atoms with Crippen LogP contribution in [0.25, 0.3) is 11.3 Å². The molecule has 1 aromatic carbocycles. The van der Waals surface area contributed by atoms with Crippen LogP contribution in [0.1, 0.15) is 12.8 Å². The first-order chi connectivity index (χ1) is 13.3. The summed E-state index contributed by atoms with van der Waals surface area (Å²) in [7, 11) is 0. The summed E-state index contributed by atoms with van der Waals surface area (Å²) in [5, 5.41) is 0.881. The second kappa shape index (κ2) is 8.91. The van der Waals surface area contributed by atoms with Crippen LogP contribution in [-0.2, 0) is 20.8 Å². The Hall–Kier alpha value is -1.83. The van der Waals surface area contributed by atoms with Crippen LogP contribution in [0.2, 0.25) is 0 Å². The Morgan fingerprint density at radius 1 is 1.19 bits per heavy atom. The standard InChI is InChI=1S/C20H25N3O3S/c24-19(22-8-11-25-12-9-22)15-27-20-21-13-18(16-5-2-1-3-6-16)23(20)14-17-7-4-10-26-17/h1-3,5-6,13,17H,4,7-12,14-15H2. The largest absolute Gasteiger partial charge is 0.378 e. The van der Waals surface area contributed by atoms with E-state index in [0.717, 1.165) is 42.4 Å². The van der Waals surface area contributed by atoms with Gasteiger partial charge in [0.1, 0.15) is 0 Å². The van der Waals surface area contributed by atoms with Gasteiger partial charge in [-0.3, -0.25) is 4.79 Å². The summed E-state index contributed by atoms with van der Waals surface area (Å²) in [6.07, 6.45) is 4.31. The fraction of sp³-hybridized carbons (Fsp3) is 0.500. The summed E-state index contributed by atoms with van der Waals surface area (Å²) < 4.78 is 13.4. The van der Waals surface area contributed by atoms with Crippen molar-refractivity contribution in [3.05, 3.63) is 36.5 Å². The maximum atomic E-state index is 12.5. The van der Waals surface area contributed by atoms with E-state index in [9.17, 15) is 4.79 Å². The Bertz CT molecular complexity index is 753. The van der Waals surface area contributed by atoms with Crippen LogP contribution < -0.4 is 0 Å². The van der Waals surface area contributed by atoms with Crippen molar-refractivity contribution in [2.24, 2.45) is 0 Å². The highest BCUT2D eigenvalue weighted by Crippen LogP contribution is 2.28. The highest BCUT2D eigenvalue weighted by atomic mass is 32.2. The van der Waals surface area contributed by atoms with Crippen LogP contribution in [0.5, 0.6) is 0 Å². The molecule has 2 aliphatic rings. The predicted molar refractivity (Wildman–Crippen MR) is 105 cm³/mol. The summed E-state index contributed by atoms with van der Waals surface area (Å²) in [5.74, 6) is 0.549. The third kappa shape index (κ3) is 4.54. The lowest BCUT2D eigenvalue weighted by Crippen LogP contribution is -2.41. The van der Waals surface area contributed by atoms with Crippen molar-refractivity contribution in [1.82, 2.24) is 14.5 Å². The van der Waals surface area contributed by atoms with Crippen molar-refractivity contribution in [3.8, 4) is 11.3 Å². The molecule has 0 spiro atoms. The number of morpholine rings is 1. The van der Waals surface area contributed by atoms with E-state index in [1.54, 1.807) is 0 Å². The maximum absolute atomic E-state index is 12.5. The molecule has 2 fully saturated rings. The van der Waals surface area contributed by atoms with E-state index < -0.39 is 0 Å². The maximum Gasteiger partial charge on any atom is 0.233 e. The van der Waals surface area contributed by atoms with Crippen molar-refractivity contribution >= 4 is 17.7 Å². The molecule has 6 nitrogen and oxygen atoms in total.